The Morgan fingerprint density at radius 1 is 1.28 bits per heavy atom. The second kappa shape index (κ2) is 6.40. The Labute approximate surface area is 146 Å². The molecule has 0 spiro atoms. The number of fused-ring (bicyclic) bond motifs is 2. The Hall–Kier alpha value is -2.54. The molecule has 7 nitrogen and oxygen atoms in total. The summed E-state index contributed by atoms with van der Waals surface area (Å²) in [6, 6.07) is 7.51. The molecule has 25 heavy (non-hydrogen) atoms. The highest BCUT2D eigenvalue weighted by atomic mass is 16.7. The predicted octanol–water partition coefficient (Wildman–Crippen LogP) is 1.59. The van der Waals surface area contributed by atoms with Crippen molar-refractivity contribution in [3.63, 3.8) is 0 Å². The Morgan fingerprint density at radius 3 is 2.96 bits per heavy atom. The molecule has 1 aromatic heterocycles. The number of likely N-dealkylation sites (N-methyl/N-ethyl adjacent to an activating group) is 1. The van der Waals surface area contributed by atoms with E-state index < -0.39 is 0 Å². The molecule has 0 radical (unpaired) electrons. The fourth-order valence-corrected chi connectivity index (χ4v) is 3.47. The molecule has 4 rings (SSSR count). The molecule has 0 unspecified atom stereocenters. The second-order valence-corrected chi connectivity index (χ2v) is 6.75. The van der Waals surface area contributed by atoms with Crippen LogP contribution < -0.4 is 9.47 Å². The fraction of sp³-hybridized carbons (Fsp3) is 0.444. The van der Waals surface area contributed by atoms with Crippen molar-refractivity contribution in [1.82, 2.24) is 19.6 Å². The maximum Gasteiger partial charge on any atom is 0.254 e. The van der Waals surface area contributed by atoms with Crippen LogP contribution in [-0.2, 0) is 13.1 Å². The van der Waals surface area contributed by atoms with Crippen LogP contribution in [0.2, 0.25) is 0 Å². The van der Waals surface area contributed by atoms with E-state index in [0.29, 0.717) is 23.6 Å². The number of nitrogens with zero attached hydrogens (tertiary/aromatic N) is 4. The summed E-state index contributed by atoms with van der Waals surface area (Å²) in [5, 5.41) is 4.37. The summed E-state index contributed by atoms with van der Waals surface area (Å²) < 4.78 is 12.8. The predicted molar refractivity (Wildman–Crippen MR) is 91.6 cm³/mol. The van der Waals surface area contributed by atoms with Crippen LogP contribution in [0, 0.1) is 0 Å². The largest absolute Gasteiger partial charge is 0.454 e. The molecule has 2 aromatic rings. The van der Waals surface area contributed by atoms with Gasteiger partial charge in [-0.3, -0.25) is 9.48 Å². The van der Waals surface area contributed by atoms with E-state index in [9.17, 15) is 4.79 Å². The van der Waals surface area contributed by atoms with Crippen molar-refractivity contribution in [3.05, 3.63) is 41.7 Å². The van der Waals surface area contributed by atoms with Crippen molar-refractivity contribution in [2.45, 2.75) is 25.6 Å². The van der Waals surface area contributed by atoms with Crippen LogP contribution >= 0.6 is 0 Å². The molecule has 2 aliphatic heterocycles. The number of carbonyl (C=O) groups excluding carboxylic acids is 1. The zero-order valence-electron chi connectivity index (χ0n) is 14.5. The van der Waals surface area contributed by atoms with Gasteiger partial charge in [-0.1, -0.05) is 0 Å². The molecule has 1 aromatic carbocycles. The van der Waals surface area contributed by atoms with Gasteiger partial charge in [0.25, 0.3) is 5.91 Å². The smallest absolute Gasteiger partial charge is 0.254 e. The first-order valence-corrected chi connectivity index (χ1v) is 8.48. The van der Waals surface area contributed by atoms with Crippen molar-refractivity contribution >= 4 is 5.91 Å². The molecule has 0 saturated carbocycles. The summed E-state index contributed by atoms with van der Waals surface area (Å²) >= 11 is 0. The summed E-state index contributed by atoms with van der Waals surface area (Å²) in [5.41, 5.74) is 1.69. The SMILES string of the molecule is CN(C)C[C@H]1CCn2nccc2CN1C(=O)c1ccc2c(c1)OCO2. The third-order valence-corrected chi connectivity index (χ3v) is 4.71. The number of benzene rings is 1. The van der Waals surface area contributed by atoms with Gasteiger partial charge in [-0.15, -0.1) is 0 Å². The Kier molecular flexibility index (Phi) is 4.09. The van der Waals surface area contributed by atoms with E-state index in [1.54, 1.807) is 18.3 Å². The van der Waals surface area contributed by atoms with Crippen molar-refractivity contribution in [2.24, 2.45) is 0 Å². The lowest BCUT2D eigenvalue weighted by Crippen LogP contribution is -2.44. The quantitative estimate of drug-likeness (QED) is 0.848. The number of aryl methyl sites for hydroxylation is 1. The Balaban J connectivity index is 1.64. The van der Waals surface area contributed by atoms with Gasteiger partial charge >= 0.3 is 0 Å². The van der Waals surface area contributed by atoms with E-state index in [1.807, 2.05) is 35.8 Å². The van der Waals surface area contributed by atoms with Crippen LogP contribution in [0.25, 0.3) is 0 Å². The minimum absolute atomic E-state index is 0.0137. The van der Waals surface area contributed by atoms with Crippen LogP contribution in [0.3, 0.4) is 0 Å². The topological polar surface area (TPSA) is 59.8 Å². The van der Waals surface area contributed by atoms with E-state index in [0.717, 1.165) is 25.2 Å². The van der Waals surface area contributed by atoms with Crippen molar-refractivity contribution in [1.29, 1.82) is 0 Å². The van der Waals surface area contributed by atoms with Gasteiger partial charge in [0.15, 0.2) is 11.5 Å². The zero-order valence-corrected chi connectivity index (χ0v) is 14.5. The highest BCUT2D eigenvalue weighted by Crippen LogP contribution is 2.33. The molecule has 0 N–H and O–H groups in total. The van der Waals surface area contributed by atoms with Gasteiger partial charge < -0.3 is 19.3 Å². The number of aromatic nitrogens is 2. The number of rotatable bonds is 3. The molecule has 132 valence electrons. The summed E-state index contributed by atoms with van der Waals surface area (Å²) in [5.74, 6) is 1.34. The van der Waals surface area contributed by atoms with Gasteiger partial charge in [-0.05, 0) is 44.8 Å². The number of hydrogen-bond acceptors (Lipinski definition) is 5. The summed E-state index contributed by atoms with van der Waals surface area (Å²) in [4.78, 5) is 17.3. The number of hydrogen-bond donors (Lipinski definition) is 0. The second-order valence-electron chi connectivity index (χ2n) is 6.75. The van der Waals surface area contributed by atoms with E-state index in [2.05, 4.69) is 10.00 Å². The van der Waals surface area contributed by atoms with Gasteiger partial charge in [-0.25, -0.2) is 0 Å². The molecular formula is C18H22N4O3. The molecule has 2 aliphatic rings. The Morgan fingerprint density at radius 2 is 2.12 bits per heavy atom. The maximum absolute atomic E-state index is 13.3. The van der Waals surface area contributed by atoms with Crippen LogP contribution in [0.5, 0.6) is 11.5 Å². The molecular weight excluding hydrogens is 320 g/mol. The first-order chi connectivity index (χ1) is 12.1. The average molecular weight is 342 g/mol. The molecule has 1 amide bonds. The molecule has 7 heteroatoms. The normalized spacial score (nSPS) is 19.0. The number of ether oxygens (including phenoxy) is 2. The molecule has 3 heterocycles. The zero-order chi connectivity index (χ0) is 17.4. The monoisotopic (exact) mass is 342 g/mol. The highest BCUT2D eigenvalue weighted by molar-refractivity contribution is 5.95. The minimum atomic E-state index is 0.0137. The van der Waals surface area contributed by atoms with E-state index in [4.69, 9.17) is 9.47 Å². The molecule has 0 bridgehead atoms. The minimum Gasteiger partial charge on any atom is -0.454 e. The molecule has 1 atom stereocenters. The van der Waals surface area contributed by atoms with Crippen LogP contribution in [0.4, 0.5) is 0 Å². The van der Waals surface area contributed by atoms with Crippen molar-refractivity contribution in [3.8, 4) is 11.5 Å². The standard InChI is InChI=1S/C18H22N4O3/c1-20(2)10-14-6-8-22-15(5-7-19-22)11-21(14)18(23)13-3-4-16-17(9-13)25-12-24-16/h3-5,7,9,14H,6,8,10-12H2,1-2H3/t14-/m1/s1. The van der Waals surface area contributed by atoms with E-state index in [-0.39, 0.29) is 18.7 Å². The van der Waals surface area contributed by atoms with Crippen molar-refractivity contribution < 1.29 is 14.3 Å². The number of carbonyl (C=O) groups is 1. The lowest BCUT2D eigenvalue weighted by molar-refractivity contribution is 0.0626. The molecule has 0 saturated heterocycles. The first kappa shape index (κ1) is 16.0. The van der Waals surface area contributed by atoms with Gasteiger partial charge in [0, 0.05) is 30.9 Å². The average Bonchev–Trinajstić information content (AvgIpc) is 3.21. The van der Waals surface area contributed by atoms with E-state index in [1.165, 1.54) is 0 Å². The van der Waals surface area contributed by atoms with Crippen molar-refractivity contribution in [2.75, 3.05) is 27.4 Å². The summed E-state index contributed by atoms with van der Waals surface area (Å²) in [6.07, 6.45) is 2.67. The fourth-order valence-electron chi connectivity index (χ4n) is 3.47. The van der Waals surface area contributed by atoms with E-state index >= 15 is 0 Å². The van der Waals surface area contributed by atoms with Gasteiger partial charge in [-0.2, -0.15) is 5.10 Å². The lowest BCUT2D eigenvalue weighted by Gasteiger charge is -2.31. The van der Waals surface area contributed by atoms with Crippen LogP contribution in [0.15, 0.2) is 30.5 Å². The highest BCUT2D eigenvalue weighted by Gasteiger charge is 2.30. The lowest BCUT2D eigenvalue weighted by atomic mass is 10.1. The number of amides is 1. The van der Waals surface area contributed by atoms with Gasteiger partial charge in [0.2, 0.25) is 6.79 Å². The van der Waals surface area contributed by atoms with Gasteiger partial charge in [0.1, 0.15) is 0 Å². The van der Waals surface area contributed by atoms with Crippen LogP contribution in [-0.4, -0.2) is 59.0 Å². The van der Waals surface area contributed by atoms with Gasteiger partial charge in [0.05, 0.1) is 12.2 Å². The summed E-state index contributed by atoms with van der Waals surface area (Å²) in [6.45, 7) is 2.41. The third kappa shape index (κ3) is 3.07. The maximum atomic E-state index is 13.3. The third-order valence-electron chi connectivity index (χ3n) is 4.71. The molecule has 0 aliphatic carbocycles. The van der Waals surface area contributed by atoms with Crippen LogP contribution in [0.1, 0.15) is 22.5 Å². The summed E-state index contributed by atoms with van der Waals surface area (Å²) in [7, 11) is 4.07. The molecule has 0 fully saturated rings. The Bertz CT molecular complexity index is 786. The first-order valence-electron chi connectivity index (χ1n) is 8.48.